The van der Waals surface area contributed by atoms with Gasteiger partial charge in [0.2, 0.25) is 11.9 Å². The van der Waals surface area contributed by atoms with Crippen LogP contribution in [0, 0.1) is 28.1 Å². The lowest BCUT2D eigenvalue weighted by atomic mass is 9.50. The van der Waals surface area contributed by atoms with Crippen molar-refractivity contribution in [2.24, 2.45) is 28.1 Å². The molecule has 13 heteroatoms. The molecule has 5 saturated heterocycles. The Morgan fingerprint density at radius 3 is 2.37 bits per heavy atom. The molecule has 1 aromatic rings. The van der Waals surface area contributed by atoms with Crippen LogP contribution in [-0.2, 0) is 49.4 Å². The van der Waals surface area contributed by atoms with Crippen LogP contribution in [0.15, 0.2) is 30.3 Å². The van der Waals surface area contributed by atoms with Crippen molar-refractivity contribution in [1.29, 1.82) is 0 Å². The summed E-state index contributed by atoms with van der Waals surface area (Å²) < 4.78 is 37.1. The summed E-state index contributed by atoms with van der Waals surface area (Å²) in [5.74, 6) is -4.91. The van der Waals surface area contributed by atoms with Crippen LogP contribution in [0.1, 0.15) is 52.5 Å². The minimum Gasteiger partial charge on any atom is -0.456 e. The number of ether oxygens (including phenoxy) is 6. The first-order valence-electron chi connectivity index (χ1n) is 16.1. The molecule has 7 fully saturated rings. The lowest BCUT2D eigenvalue weighted by Gasteiger charge is -2.49. The summed E-state index contributed by atoms with van der Waals surface area (Å²) in [6.07, 6.45) is -7.28. The Morgan fingerprint density at radius 1 is 1.00 bits per heavy atom. The van der Waals surface area contributed by atoms with E-state index in [2.05, 4.69) is 0 Å². The highest BCUT2D eigenvalue weighted by Crippen LogP contribution is 2.85. The minimum atomic E-state index is -2.42. The van der Waals surface area contributed by atoms with Gasteiger partial charge >= 0.3 is 24.0 Å². The van der Waals surface area contributed by atoms with Crippen LogP contribution in [-0.4, -0.2) is 100 Å². The largest absolute Gasteiger partial charge is 0.456 e. The number of aliphatic hydroxyl groups is 2. The fraction of sp³-hybridized carbons (Fsp3) is 0.697. The number of piperidine rings is 1. The number of aliphatic hydroxyl groups excluding tert-OH is 1. The molecule has 248 valence electrons. The third kappa shape index (κ3) is 3.11. The van der Waals surface area contributed by atoms with E-state index in [0.717, 1.165) is 24.8 Å². The van der Waals surface area contributed by atoms with E-state index < -0.39 is 100 Å². The first-order chi connectivity index (χ1) is 21.8. The van der Waals surface area contributed by atoms with Crippen molar-refractivity contribution < 1.29 is 57.8 Å². The molecule has 5 heterocycles. The topological polar surface area (TPSA) is 167 Å². The highest BCUT2D eigenvalue weighted by atomic mass is 16.8. The predicted octanol–water partition coefficient (Wildman–Crippen LogP) is 1.46. The maximum absolute atomic E-state index is 14.4. The van der Waals surface area contributed by atoms with Crippen molar-refractivity contribution in [1.82, 2.24) is 4.90 Å². The number of amides is 1. The second kappa shape index (κ2) is 9.42. The van der Waals surface area contributed by atoms with Gasteiger partial charge in [0.05, 0.1) is 24.0 Å². The van der Waals surface area contributed by atoms with Gasteiger partial charge in [0.25, 0.3) is 0 Å². The van der Waals surface area contributed by atoms with Gasteiger partial charge in [0.15, 0.2) is 23.9 Å². The van der Waals surface area contributed by atoms with Crippen molar-refractivity contribution in [3.8, 4) is 0 Å². The predicted molar refractivity (Wildman–Crippen MR) is 152 cm³/mol. The normalized spacial score (nSPS) is 46.7. The minimum absolute atomic E-state index is 0.0398. The van der Waals surface area contributed by atoms with Crippen molar-refractivity contribution in [2.45, 2.75) is 102 Å². The molecule has 1 aromatic carbocycles. The zero-order chi connectivity index (χ0) is 32.6. The second-order valence-corrected chi connectivity index (χ2v) is 15.0. The summed E-state index contributed by atoms with van der Waals surface area (Å²) in [6.45, 7) is 7.82. The SMILES string of the molecule is C[C@@H]1C(=O)OC2[C@H](OC(=O)N3CCCCC3)C34C5OC(=O)C3(OC3OC(=O)[C@H](OCc6ccccc6)C34[C@H](C(C)(C)C)[C@H]5O)[C@]21O. The van der Waals surface area contributed by atoms with Gasteiger partial charge in [0, 0.05) is 19.0 Å². The van der Waals surface area contributed by atoms with E-state index in [4.69, 9.17) is 28.4 Å². The standard InChI is InChI=1S/C33H39NO12/c1-16-24(36)42-22-21(44-28(39)34-13-9-6-10-14-34)31-20-18(35)19(29(2,3)4)30(31)23(41-15-17-11-7-5-8-12-17)25(37)45-27(30)46-33(31,26(38)43-20)32(16,22)40/h5,7-8,11-12,16,18-23,27,35,40H,6,9-10,13-15H2,1-4H3/t16-,18-,19+,20?,21+,22?,23+,27?,30?,31?,32-,33?/m1/s1. The molecular weight excluding hydrogens is 602 g/mol. The zero-order valence-electron chi connectivity index (χ0n) is 26.2. The highest BCUT2D eigenvalue weighted by Gasteiger charge is 3.06. The highest BCUT2D eigenvalue weighted by molar-refractivity contribution is 5.94. The molecule has 2 spiro atoms. The van der Waals surface area contributed by atoms with Gasteiger partial charge in [-0.2, -0.15) is 0 Å². The summed E-state index contributed by atoms with van der Waals surface area (Å²) in [7, 11) is 0. The van der Waals surface area contributed by atoms with E-state index in [1.165, 1.54) is 11.8 Å². The average molecular weight is 642 g/mol. The molecule has 0 aromatic heterocycles. The number of rotatable bonds is 4. The Morgan fingerprint density at radius 2 is 1.70 bits per heavy atom. The van der Waals surface area contributed by atoms with E-state index >= 15 is 0 Å². The molecule has 5 aliphatic heterocycles. The van der Waals surface area contributed by atoms with Gasteiger partial charge in [-0.05, 0) is 37.2 Å². The fourth-order valence-electron chi connectivity index (χ4n) is 10.6. The third-order valence-corrected chi connectivity index (χ3v) is 12.0. The summed E-state index contributed by atoms with van der Waals surface area (Å²) >= 11 is 0. The van der Waals surface area contributed by atoms with Crippen molar-refractivity contribution >= 4 is 24.0 Å². The summed E-state index contributed by atoms with van der Waals surface area (Å²) in [6, 6.07) is 9.14. The van der Waals surface area contributed by atoms with E-state index in [0.29, 0.717) is 13.1 Å². The lowest BCUT2D eigenvalue weighted by molar-refractivity contribution is -0.240. The number of fused-ring (bicyclic) bond motifs is 1. The molecule has 7 aliphatic rings. The molecule has 2 N–H and O–H groups in total. The first kappa shape index (κ1) is 30.1. The average Bonchev–Trinajstić information content (AvgIpc) is 3.72. The van der Waals surface area contributed by atoms with Crippen LogP contribution in [0.2, 0.25) is 0 Å². The molecule has 12 atom stereocenters. The zero-order valence-corrected chi connectivity index (χ0v) is 26.2. The van der Waals surface area contributed by atoms with Gasteiger partial charge in [-0.15, -0.1) is 0 Å². The molecular formula is C33H39NO12. The van der Waals surface area contributed by atoms with Crippen molar-refractivity contribution in [2.75, 3.05) is 13.1 Å². The van der Waals surface area contributed by atoms with Gasteiger partial charge in [-0.25, -0.2) is 14.4 Å². The maximum atomic E-state index is 14.4. The molecule has 0 bridgehead atoms. The molecule has 2 saturated carbocycles. The van der Waals surface area contributed by atoms with E-state index in [-0.39, 0.29) is 6.61 Å². The molecule has 1 amide bonds. The Kier molecular flexibility index (Phi) is 6.17. The molecule has 6 unspecified atom stereocenters. The van der Waals surface area contributed by atoms with Gasteiger partial charge < -0.3 is 43.5 Å². The number of carbonyl (C=O) groups is 4. The van der Waals surface area contributed by atoms with Crippen molar-refractivity contribution in [3.63, 3.8) is 0 Å². The quantitative estimate of drug-likeness (QED) is 0.359. The van der Waals surface area contributed by atoms with Gasteiger partial charge in [0.1, 0.15) is 11.5 Å². The van der Waals surface area contributed by atoms with Crippen LogP contribution in [0.25, 0.3) is 0 Å². The number of likely N-dealkylation sites (tertiary alicyclic amines) is 1. The van der Waals surface area contributed by atoms with Crippen LogP contribution in [0.3, 0.4) is 0 Å². The van der Waals surface area contributed by atoms with Crippen LogP contribution >= 0.6 is 0 Å². The number of nitrogens with zero attached hydrogens (tertiary/aromatic N) is 1. The Hall–Kier alpha value is -3.26. The second-order valence-electron chi connectivity index (χ2n) is 15.0. The number of esters is 3. The number of hydrogen-bond donors (Lipinski definition) is 2. The smallest absolute Gasteiger partial charge is 0.410 e. The molecule has 13 nitrogen and oxygen atoms in total. The molecule has 46 heavy (non-hydrogen) atoms. The van der Waals surface area contributed by atoms with Crippen LogP contribution in [0.4, 0.5) is 4.79 Å². The molecule has 8 rings (SSSR count). The summed E-state index contributed by atoms with van der Waals surface area (Å²) in [5.41, 5.74) is -8.61. The summed E-state index contributed by atoms with van der Waals surface area (Å²) in [5, 5.41) is 25.0. The Labute approximate surface area is 265 Å². The lowest BCUT2D eigenvalue weighted by Crippen LogP contribution is -2.67. The summed E-state index contributed by atoms with van der Waals surface area (Å²) in [4.78, 5) is 56.9. The van der Waals surface area contributed by atoms with E-state index in [9.17, 15) is 29.4 Å². The number of benzene rings is 1. The van der Waals surface area contributed by atoms with Crippen molar-refractivity contribution in [3.05, 3.63) is 35.9 Å². The maximum Gasteiger partial charge on any atom is 0.410 e. The third-order valence-electron chi connectivity index (χ3n) is 12.0. The fourth-order valence-corrected chi connectivity index (χ4v) is 10.6. The number of hydrogen-bond acceptors (Lipinski definition) is 12. The Bertz CT molecular complexity index is 1510. The van der Waals surface area contributed by atoms with Crippen LogP contribution in [0.5, 0.6) is 0 Å². The van der Waals surface area contributed by atoms with E-state index in [1.807, 2.05) is 51.1 Å². The van der Waals surface area contributed by atoms with Gasteiger partial charge in [-0.1, -0.05) is 51.1 Å². The monoisotopic (exact) mass is 641 g/mol. The first-order valence-corrected chi connectivity index (χ1v) is 16.1. The number of carbonyl (C=O) groups excluding carboxylic acids is 4. The van der Waals surface area contributed by atoms with Gasteiger partial charge in [-0.3, -0.25) is 4.79 Å². The molecule has 2 aliphatic carbocycles. The molecule has 0 radical (unpaired) electrons. The Balaban J connectivity index is 1.38. The van der Waals surface area contributed by atoms with Crippen LogP contribution < -0.4 is 0 Å². The van der Waals surface area contributed by atoms with E-state index in [1.54, 1.807) is 0 Å².